The van der Waals surface area contributed by atoms with E-state index in [9.17, 15) is 4.79 Å². The summed E-state index contributed by atoms with van der Waals surface area (Å²) >= 11 is 5.41. The molecule has 0 bridgehead atoms. The van der Waals surface area contributed by atoms with Crippen LogP contribution in [0.25, 0.3) is 11.1 Å². The van der Waals surface area contributed by atoms with Crippen molar-refractivity contribution in [3.63, 3.8) is 0 Å². The fourth-order valence-corrected chi connectivity index (χ4v) is 1.52. The first kappa shape index (κ1) is 10.7. The second kappa shape index (κ2) is 4.33. The van der Waals surface area contributed by atoms with Gasteiger partial charge in [0.15, 0.2) is 5.58 Å². The maximum absolute atomic E-state index is 11.3. The molecule has 1 aromatic carbocycles. The van der Waals surface area contributed by atoms with Gasteiger partial charge in [-0.25, -0.2) is 4.98 Å². The number of carbonyl (C=O) groups excluding carboxylic acids is 1. The Morgan fingerprint density at radius 2 is 2.38 bits per heavy atom. The highest BCUT2D eigenvalue weighted by molar-refractivity contribution is 6.29. The number of oxazole rings is 1. The van der Waals surface area contributed by atoms with E-state index in [0.717, 1.165) is 5.56 Å². The van der Waals surface area contributed by atoms with Gasteiger partial charge in [-0.2, -0.15) is 5.26 Å². The van der Waals surface area contributed by atoms with Crippen molar-refractivity contribution < 1.29 is 9.21 Å². The molecule has 0 saturated carbocycles. The lowest BCUT2D eigenvalue weighted by atomic mass is 10.1. The van der Waals surface area contributed by atoms with E-state index >= 15 is 0 Å². The Balaban J connectivity index is 2.57. The van der Waals surface area contributed by atoms with Gasteiger partial charge in [-0.1, -0.05) is 12.1 Å². The van der Waals surface area contributed by atoms with Gasteiger partial charge in [0.1, 0.15) is 5.52 Å². The lowest BCUT2D eigenvalue weighted by molar-refractivity contribution is 0.0986. The minimum Gasteiger partial charge on any atom is -0.433 e. The summed E-state index contributed by atoms with van der Waals surface area (Å²) in [6.45, 7) is 0. The summed E-state index contributed by atoms with van der Waals surface area (Å²) < 4.78 is 5.31. The van der Waals surface area contributed by atoms with E-state index in [1.165, 1.54) is 0 Å². The zero-order valence-corrected chi connectivity index (χ0v) is 8.99. The molecule has 80 valence electrons. The third kappa shape index (κ3) is 1.77. The minimum absolute atomic E-state index is 0.00427. The molecule has 0 unspecified atom stereocenters. The van der Waals surface area contributed by atoms with Crippen LogP contribution in [0.4, 0.5) is 0 Å². The molecule has 16 heavy (non-hydrogen) atoms. The largest absolute Gasteiger partial charge is 0.433 e. The predicted octanol–water partition coefficient (Wildman–Crippen LogP) is 2.32. The molecule has 0 aliphatic carbocycles. The summed E-state index contributed by atoms with van der Waals surface area (Å²) in [5, 5.41) is 8.64. The Morgan fingerprint density at radius 1 is 1.56 bits per heavy atom. The van der Waals surface area contributed by atoms with Crippen LogP contribution in [0.2, 0.25) is 0 Å². The second-order valence-corrected chi connectivity index (χ2v) is 3.44. The van der Waals surface area contributed by atoms with Crippen LogP contribution in [0, 0.1) is 11.3 Å². The van der Waals surface area contributed by atoms with Crippen LogP contribution >= 0.6 is 11.6 Å². The number of nitriles is 1. The fourth-order valence-electron chi connectivity index (χ4n) is 1.41. The van der Waals surface area contributed by atoms with Gasteiger partial charge in [-0.15, -0.1) is 11.6 Å². The number of halogens is 1. The normalized spacial score (nSPS) is 10.2. The first-order chi connectivity index (χ1) is 7.76. The second-order valence-electron chi connectivity index (χ2n) is 3.18. The van der Waals surface area contributed by atoms with Gasteiger partial charge in [-0.05, 0) is 6.07 Å². The summed E-state index contributed by atoms with van der Waals surface area (Å²) in [5.74, 6) is -0.531. The van der Waals surface area contributed by atoms with E-state index in [2.05, 4.69) is 4.98 Å². The minimum atomic E-state index is -0.360. The van der Waals surface area contributed by atoms with Crippen LogP contribution in [0.1, 0.15) is 16.2 Å². The highest BCUT2D eigenvalue weighted by Gasteiger charge is 2.14. The number of rotatable bonds is 3. The molecule has 0 atom stereocenters. The molecule has 0 aliphatic heterocycles. The van der Waals surface area contributed by atoms with Gasteiger partial charge >= 0.3 is 0 Å². The SMILES string of the molecule is N#CCc1cccc2nc(C(=O)CCl)oc12. The van der Waals surface area contributed by atoms with E-state index in [1.807, 2.05) is 6.07 Å². The van der Waals surface area contributed by atoms with Gasteiger partial charge in [0.25, 0.3) is 5.89 Å². The first-order valence-electron chi connectivity index (χ1n) is 4.61. The summed E-state index contributed by atoms with van der Waals surface area (Å²) in [5.41, 5.74) is 1.78. The zero-order valence-electron chi connectivity index (χ0n) is 8.24. The van der Waals surface area contributed by atoms with Gasteiger partial charge in [0, 0.05) is 5.56 Å². The molecule has 4 nitrogen and oxygen atoms in total. The number of para-hydroxylation sites is 1. The Kier molecular flexibility index (Phi) is 2.88. The molecule has 0 spiro atoms. The molecule has 0 fully saturated rings. The fraction of sp³-hybridized carbons (Fsp3) is 0.182. The van der Waals surface area contributed by atoms with Crippen molar-refractivity contribution in [3.05, 3.63) is 29.7 Å². The zero-order chi connectivity index (χ0) is 11.5. The lowest BCUT2D eigenvalue weighted by Gasteiger charge is -1.93. The number of fused-ring (bicyclic) bond motifs is 1. The van der Waals surface area contributed by atoms with Crippen molar-refractivity contribution in [2.24, 2.45) is 0 Å². The van der Waals surface area contributed by atoms with Crippen molar-refractivity contribution in [1.29, 1.82) is 5.26 Å². The van der Waals surface area contributed by atoms with Crippen molar-refractivity contribution >= 4 is 28.5 Å². The molecule has 0 amide bonds. The smallest absolute Gasteiger partial charge is 0.265 e. The summed E-state index contributed by atoms with van der Waals surface area (Å²) in [6, 6.07) is 7.30. The Morgan fingerprint density at radius 3 is 3.06 bits per heavy atom. The van der Waals surface area contributed by atoms with Gasteiger partial charge in [0.05, 0.1) is 18.4 Å². The Bertz CT molecular complexity index is 583. The number of alkyl halides is 1. The summed E-state index contributed by atoms with van der Waals surface area (Å²) in [6.07, 6.45) is 0.223. The molecule has 5 heteroatoms. The number of ketones is 1. The van der Waals surface area contributed by atoms with Crippen molar-refractivity contribution in [3.8, 4) is 6.07 Å². The number of carbonyl (C=O) groups is 1. The van der Waals surface area contributed by atoms with Gasteiger partial charge in [-0.3, -0.25) is 4.79 Å². The average Bonchev–Trinajstić information content (AvgIpc) is 2.73. The molecule has 1 aromatic heterocycles. The maximum atomic E-state index is 11.3. The van der Waals surface area contributed by atoms with Crippen LogP contribution in [-0.2, 0) is 6.42 Å². The van der Waals surface area contributed by atoms with Crippen molar-refractivity contribution in [2.45, 2.75) is 6.42 Å². The van der Waals surface area contributed by atoms with Crippen LogP contribution in [0.5, 0.6) is 0 Å². The van der Waals surface area contributed by atoms with Gasteiger partial charge < -0.3 is 4.42 Å². The lowest BCUT2D eigenvalue weighted by Crippen LogP contribution is -1.99. The highest BCUT2D eigenvalue weighted by atomic mass is 35.5. The highest BCUT2D eigenvalue weighted by Crippen LogP contribution is 2.20. The predicted molar refractivity (Wildman–Crippen MR) is 58.4 cm³/mol. The first-order valence-corrected chi connectivity index (χ1v) is 5.14. The summed E-state index contributed by atoms with van der Waals surface area (Å²) in [7, 11) is 0. The quantitative estimate of drug-likeness (QED) is 0.604. The monoisotopic (exact) mass is 234 g/mol. The number of hydrogen-bond acceptors (Lipinski definition) is 4. The molecule has 1 heterocycles. The van der Waals surface area contributed by atoms with E-state index in [-0.39, 0.29) is 24.0 Å². The number of Topliss-reactive ketones (excluding diaryl/α,β-unsaturated/α-hetero) is 1. The third-order valence-electron chi connectivity index (χ3n) is 2.13. The van der Waals surface area contributed by atoms with Crippen LogP contribution in [-0.4, -0.2) is 16.6 Å². The molecular formula is C11H7ClN2O2. The number of aromatic nitrogens is 1. The molecular weight excluding hydrogens is 228 g/mol. The number of hydrogen-bond donors (Lipinski definition) is 0. The van der Waals surface area contributed by atoms with Crippen molar-refractivity contribution in [2.75, 3.05) is 5.88 Å². The molecule has 2 aromatic rings. The number of nitrogens with zero attached hydrogens (tertiary/aromatic N) is 2. The van der Waals surface area contributed by atoms with Crippen molar-refractivity contribution in [1.82, 2.24) is 4.98 Å². The van der Waals surface area contributed by atoms with E-state index in [4.69, 9.17) is 21.3 Å². The van der Waals surface area contributed by atoms with Crippen LogP contribution < -0.4 is 0 Å². The molecule has 0 radical (unpaired) electrons. The standard InChI is InChI=1S/C11H7ClN2O2/c12-6-9(15)11-14-8-3-1-2-7(4-5-13)10(8)16-11/h1-3H,4,6H2. The van der Waals surface area contributed by atoms with E-state index < -0.39 is 0 Å². The Labute approximate surface area is 96.4 Å². The molecule has 2 rings (SSSR count). The average molecular weight is 235 g/mol. The van der Waals surface area contributed by atoms with Crippen LogP contribution in [0.3, 0.4) is 0 Å². The molecule has 0 saturated heterocycles. The Hall–Kier alpha value is -1.86. The number of benzene rings is 1. The van der Waals surface area contributed by atoms with Gasteiger partial charge in [0.2, 0.25) is 5.78 Å². The van der Waals surface area contributed by atoms with Crippen LogP contribution in [0.15, 0.2) is 22.6 Å². The maximum Gasteiger partial charge on any atom is 0.265 e. The summed E-state index contributed by atoms with van der Waals surface area (Å²) in [4.78, 5) is 15.3. The third-order valence-corrected chi connectivity index (χ3v) is 2.37. The van der Waals surface area contributed by atoms with E-state index in [0.29, 0.717) is 11.1 Å². The molecule has 0 N–H and O–H groups in total. The van der Waals surface area contributed by atoms with E-state index in [1.54, 1.807) is 18.2 Å². The topological polar surface area (TPSA) is 66.9 Å². The molecule has 0 aliphatic rings.